The fourth-order valence-electron chi connectivity index (χ4n) is 1.49. The SMILES string of the molecule is CCc1ccc(C(=O)c2cc(Cl)ccc2Cl)s1. The Bertz CT molecular complexity index is 560. The lowest BCUT2D eigenvalue weighted by Gasteiger charge is -2.02. The van der Waals surface area contributed by atoms with Crippen LogP contribution in [0.1, 0.15) is 27.0 Å². The van der Waals surface area contributed by atoms with E-state index in [1.165, 1.54) is 16.2 Å². The molecule has 0 saturated heterocycles. The number of carbonyl (C=O) groups excluding carboxylic acids is 1. The van der Waals surface area contributed by atoms with E-state index < -0.39 is 0 Å². The van der Waals surface area contributed by atoms with Gasteiger partial charge < -0.3 is 0 Å². The van der Waals surface area contributed by atoms with Crippen molar-refractivity contribution in [2.24, 2.45) is 0 Å². The van der Waals surface area contributed by atoms with Gasteiger partial charge in [-0.25, -0.2) is 0 Å². The summed E-state index contributed by atoms with van der Waals surface area (Å²) < 4.78 is 0. The predicted octanol–water partition coefficient (Wildman–Crippen LogP) is 4.85. The molecule has 0 N–H and O–H groups in total. The van der Waals surface area contributed by atoms with E-state index >= 15 is 0 Å². The van der Waals surface area contributed by atoms with Gasteiger partial charge in [-0.2, -0.15) is 0 Å². The van der Waals surface area contributed by atoms with Crippen LogP contribution in [-0.4, -0.2) is 5.78 Å². The van der Waals surface area contributed by atoms with E-state index in [1.807, 2.05) is 12.1 Å². The van der Waals surface area contributed by atoms with Crippen molar-refractivity contribution in [3.8, 4) is 0 Å². The van der Waals surface area contributed by atoms with Gasteiger partial charge in [0.1, 0.15) is 0 Å². The Morgan fingerprint density at radius 3 is 2.65 bits per heavy atom. The van der Waals surface area contributed by atoms with Crippen LogP contribution >= 0.6 is 34.5 Å². The van der Waals surface area contributed by atoms with Crippen molar-refractivity contribution in [1.82, 2.24) is 0 Å². The zero-order valence-corrected chi connectivity index (χ0v) is 11.5. The van der Waals surface area contributed by atoms with E-state index in [0.717, 1.165) is 6.42 Å². The van der Waals surface area contributed by atoms with Gasteiger partial charge in [0.15, 0.2) is 0 Å². The van der Waals surface area contributed by atoms with Crippen LogP contribution in [0.3, 0.4) is 0 Å². The van der Waals surface area contributed by atoms with E-state index in [9.17, 15) is 4.79 Å². The number of carbonyl (C=O) groups is 1. The van der Waals surface area contributed by atoms with Crippen LogP contribution in [0.25, 0.3) is 0 Å². The number of rotatable bonds is 3. The van der Waals surface area contributed by atoms with Gasteiger partial charge in [-0.05, 0) is 36.8 Å². The lowest BCUT2D eigenvalue weighted by atomic mass is 10.1. The third-order valence-electron chi connectivity index (χ3n) is 2.41. The number of hydrogen-bond acceptors (Lipinski definition) is 2. The molecule has 4 heteroatoms. The number of aryl methyl sites for hydroxylation is 1. The molecule has 0 amide bonds. The van der Waals surface area contributed by atoms with Crippen LogP contribution in [0.15, 0.2) is 30.3 Å². The van der Waals surface area contributed by atoms with Crippen molar-refractivity contribution in [2.75, 3.05) is 0 Å². The number of hydrogen-bond donors (Lipinski definition) is 0. The summed E-state index contributed by atoms with van der Waals surface area (Å²) in [5.74, 6) is -0.0674. The molecule has 0 atom stereocenters. The van der Waals surface area contributed by atoms with Crippen molar-refractivity contribution in [2.45, 2.75) is 13.3 Å². The van der Waals surface area contributed by atoms with E-state index in [2.05, 4.69) is 6.92 Å². The fourth-order valence-corrected chi connectivity index (χ4v) is 2.77. The third-order valence-corrected chi connectivity index (χ3v) is 4.20. The number of ketones is 1. The normalized spacial score (nSPS) is 10.5. The molecule has 1 nitrogen and oxygen atoms in total. The lowest BCUT2D eigenvalue weighted by molar-refractivity contribution is 0.104. The van der Waals surface area contributed by atoms with Gasteiger partial charge in [-0.15, -0.1) is 11.3 Å². The minimum absolute atomic E-state index is 0.0674. The van der Waals surface area contributed by atoms with Crippen LogP contribution in [0.5, 0.6) is 0 Å². The highest BCUT2D eigenvalue weighted by atomic mass is 35.5. The van der Waals surface area contributed by atoms with Crippen LogP contribution in [0.2, 0.25) is 10.0 Å². The van der Waals surface area contributed by atoms with E-state index in [0.29, 0.717) is 20.5 Å². The summed E-state index contributed by atoms with van der Waals surface area (Å²) in [6.07, 6.45) is 0.932. The second kappa shape index (κ2) is 5.21. The molecule has 0 aliphatic rings. The van der Waals surface area contributed by atoms with Crippen LogP contribution < -0.4 is 0 Å². The molecule has 0 saturated carbocycles. The van der Waals surface area contributed by atoms with Crippen LogP contribution in [0.4, 0.5) is 0 Å². The Hall–Kier alpha value is -0.830. The monoisotopic (exact) mass is 284 g/mol. The van der Waals surface area contributed by atoms with Crippen molar-refractivity contribution >= 4 is 40.3 Å². The van der Waals surface area contributed by atoms with Gasteiger partial charge in [0, 0.05) is 15.5 Å². The molecular weight excluding hydrogens is 275 g/mol. The Labute approximate surface area is 114 Å². The molecule has 1 heterocycles. The van der Waals surface area contributed by atoms with E-state index in [-0.39, 0.29) is 5.78 Å². The van der Waals surface area contributed by atoms with Crippen molar-refractivity contribution in [3.63, 3.8) is 0 Å². The number of thiophene rings is 1. The van der Waals surface area contributed by atoms with Crippen LogP contribution in [0, 0.1) is 0 Å². The average Bonchev–Trinajstić information content (AvgIpc) is 2.80. The number of benzene rings is 1. The van der Waals surface area contributed by atoms with Crippen molar-refractivity contribution in [1.29, 1.82) is 0 Å². The number of halogens is 2. The first-order chi connectivity index (χ1) is 8.11. The first-order valence-corrected chi connectivity index (χ1v) is 6.77. The minimum atomic E-state index is -0.0674. The van der Waals surface area contributed by atoms with Gasteiger partial charge in [-0.3, -0.25) is 4.79 Å². The summed E-state index contributed by atoms with van der Waals surface area (Å²) in [7, 11) is 0. The maximum Gasteiger partial charge on any atom is 0.204 e. The molecule has 0 aliphatic heterocycles. The molecule has 0 bridgehead atoms. The highest BCUT2D eigenvalue weighted by Crippen LogP contribution is 2.26. The zero-order chi connectivity index (χ0) is 12.4. The Morgan fingerprint density at radius 1 is 1.24 bits per heavy atom. The first kappa shape index (κ1) is 12.6. The third kappa shape index (κ3) is 2.71. The standard InChI is InChI=1S/C13H10Cl2OS/c1-2-9-4-6-12(17-9)13(16)10-7-8(14)3-5-11(10)15/h3-7H,2H2,1H3. The molecule has 0 radical (unpaired) electrons. The molecule has 1 aromatic carbocycles. The molecule has 17 heavy (non-hydrogen) atoms. The van der Waals surface area contributed by atoms with E-state index in [4.69, 9.17) is 23.2 Å². The largest absolute Gasteiger partial charge is 0.288 e. The van der Waals surface area contributed by atoms with Gasteiger partial charge in [0.2, 0.25) is 5.78 Å². The maximum absolute atomic E-state index is 12.2. The zero-order valence-electron chi connectivity index (χ0n) is 9.17. The highest BCUT2D eigenvalue weighted by molar-refractivity contribution is 7.14. The van der Waals surface area contributed by atoms with Gasteiger partial charge in [0.05, 0.1) is 9.90 Å². The molecule has 2 aromatic rings. The van der Waals surface area contributed by atoms with Gasteiger partial charge in [0.25, 0.3) is 0 Å². The molecular formula is C13H10Cl2OS. The summed E-state index contributed by atoms with van der Waals surface area (Å²) in [4.78, 5) is 14.1. The molecule has 88 valence electrons. The second-order valence-electron chi connectivity index (χ2n) is 3.57. The first-order valence-electron chi connectivity index (χ1n) is 5.20. The highest BCUT2D eigenvalue weighted by Gasteiger charge is 2.15. The summed E-state index contributed by atoms with van der Waals surface area (Å²) in [5, 5.41) is 0.955. The molecule has 0 fully saturated rings. The van der Waals surface area contributed by atoms with Crippen molar-refractivity contribution < 1.29 is 4.79 Å². The summed E-state index contributed by atoms with van der Waals surface area (Å²) in [5.41, 5.74) is 0.462. The maximum atomic E-state index is 12.2. The van der Waals surface area contributed by atoms with Gasteiger partial charge >= 0.3 is 0 Å². The topological polar surface area (TPSA) is 17.1 Å². The van der Waals surface area contributed by atoms with Crippen molar-refractivity contribution in [3.05, 3.63) is 55.7 Å². The molecule has 1 aromatic heterocycles. The predicted molar refractivity (Wildman–Crippen MR) is 73.6 cm³/mol. The molecule has 0 aliphatic carbocycles. The van der Waals surface area contributed by atoms with Crippen LogP contribution in [-0.2, 0) is 6.42 Å². The minimum Gasteiger partial charge on any atom is -0.288 e. The second-order valence-corrected chi connectivity index (χ2v) is 5.58. The molecule has 0 unspecified atom stereocenters. The summed E-state index contributed by atoms with van der Waals surface area (Å²) in [6, 6.07) is 8.73. The Balaban J connectivity index is 2.39. The summed E-state index contributed by atoms with van der Waals surface area (Å²) in [6.45, 7) is 2.06. The molecule has 0 spiro atoms. The summed E-state index contributed by atoms with van der Waals surface area (Å²) >= 11 is 13.4. The van der Waals surface area contributed by atoms with E-state index in [1.54, 1.807) is 18.2 Å². The lowest BCUT2D eigenvalue weighted by Crippen LogP contribution is -1.99. The Morgan fingerprint density at radius 2 is 2.00 bits per heavy atom. The van der Waals surface area contributed by atoms with Gasteiger partial charge in [-0.1, -0.05) is 30.1 Å². The fraction of sp³-hybridized carbons (Fsp3) is 0.154. The average molecular weight is 285 g/mol. The smallest absolute Gasteiger partial charge is 0.204 e. The molecule has 2 rings (SSSR count). The quantitative estimate of drug-likeness (QED) is 0.737. The Kier molecular flexibility index (Phi) is 3.87.